The zero-order chi connectivity index (χ0) is 28.6. The number of pyridine rings is 1. The van der Waals surface area contributed by atoms with Crippen LogP contribution < -0.4 is 10.2 Å². The van der Waals surface area contributed by atoms with E-state index in [4.69, 9.17) is 21.8 Å². The highest BCUT2D eigenvalue weighted by molar-refractivity contribution is 7.90. The van der Waals surface area contributed by atoms with E-state index in [0.29, 0.717) is 48.5 Å². The van der Waals surface area contributed by atoms with Crippen molar-refractivity contribution in [1.29, 1.82) is 5.26 Å². The Morgan fingerprint density at radius 1 is 1.20 bits per heavy atom. The molecule has 10 nitrogen and oxygen atoms in total. The molecule has 1 N–H and O–H groups in total. The Morgan fingerprint density at radius 3 is 2.70 bits per heavy atom. The molecule has 0 spiro atoms. The fraction of sp³-hybridized carbons (Fsp3) is 0.393. The topological polar surface area (TPSA) is 130 Å². The van der Waals surface area contributed by atoms with E-state index in [-0.39, 0.29) is 22.9 Å². The third kappa shape index (κ3) is 5.74. The van der Waals surface area contributed by atoms with Crippen LogP contribution in [-0.2, 0) is 16.4 Å². The Bertz CT molecular complexity index is 1710. The molecule has 5 rings (SSSR count). The van der Waals surface area contributed by atoms with Crippen molar-refractivity contribution in [2.75, 3.05) is 28.8 Å². The lowest BCUT2D eigenvalue weighted by Crippen LogP contribution is -2.57. The first-order valence-corrected chi connectivity index (χ1v) is 15.5. The van der Waals surface area contributed by atoms with Gasteiger partial charge in [0.15, 0.2) is 11.0 Å². The molecule has 1 aliphatic rings. The van der Waals surface area contributed by atoms with Crippen LogP contribution in [0.25, 0.3) is 22.2 Å². The van der Waals surface area contributed by atoms with Gasteiger partial charge in [-0.15, -0.1) is 0 Å². The molecule has 40 heavy (non-hydrogen) atoms. The molecule has 0 amide bonds. The summed E-state index contributed by atoms with van der Waals surface area (Å²) in [6.45, 7) is 7.53. The lowest BCUT2D eigenvalue weighted by molar-refractivity contribution is 0.342. The largest absolute Gasteiger partial charge is 0.368 e. The molecule has 0 aliphatic carbocycles. The van der Waals surface area contributed by atoms with E-state index < -0.39 is 9.84 Å². The van der Waals surface area contributed by atoms with Crippen LogP contribution in [0.3, 0.4) is 0 Å². The van der Waals surface area contributed by atoms with Gasteiger partial charge in [0.05, 0.1) is 30.4 Å². The Morgan fingerprint density at radius 2 is 2.00 bits per heavy atom. The van der Waals surface area contributed by atoms with Crippen LogP contribution in [0, 0.1) is 17.2 Å². The summed E-state index contributed by atoms with van der Waals surface area (Å²) in [5.74, 6) is 2.22. The highest BCUT2D eigenvalue weighted by atomic mass is 35.5. The number of sulfone groups is 1. The van der Waals surface area contributed by atoms with Crippen LogP contribution in [0.1, 0.15) is 38.7 Å². The summed E-state index contributed by atoms with van der Waals surface area (Å²) in [5.41, 5.74) is 2.84. The smallest absolute Gasteiger partial charge is 0.166 e. The average Bonchev–Trinajstić information content (AvgIpc) is 3.28. The number of aromatic nitrogens is 5. The van der Waals surface area contributed by atoms with Gasteiger partial charge in [-0.2, -0.15) is 10.4 Å². The van der Waals surface area contributed by atoms with Gasteiger partial charge in [-0.3, -0.25) is 4.68 Å². The molecule has 0 unspecified atom stereocenters. The number of fused-ring (bicyclic) bond motifs is 1. The van der Waals surface area contributed by atoms with Gasteiger partial charge in [0.1, 0.15) is 21.5 Å². The summed E-state index contributed by atoms with van der Waals surface area (Å²) >= 11 is 6.33. The van der Waals surface area contributed by atoms with Gasteiger partial charge in [0, 0.05) is 54.4 Å². The minimum Gasteiger partial charge on any atom is -0.368 e. The van der Waals surface area contributed by atoms with Crippen LogP contribution in [0.5, 0.6) is 0 Å². The highest BCUT2D eigenvalue weighted by Crippen LogP contribution is 2.39. The molecule has 3 aromatic heterocycles. The van der Waals surface area contributed by atoms with E-state index in [9.17, 15) is 8.42 Å². The number of benzene rings is 1. The Balaban J connectivity index is 1.43. The summed E-state index contributed by atoms with van der Waals surface area (Å²) in [5, 5.41) is 18.8. The molecule has 0 bridgehead atoms. The molecule has 2 atom stereocenters. The van der Waals surface area contributed by atoms with E-state index in [1.807, 2.05) is 12.3 Å². The van der Waals surface area contributed by atoms with Gasteiger partial charge < -0.3 is 10.2 Å². The number of nitriles is 1. The standard InChI is InChI=1S/C28H31ClN8O2S/c1-17(2)20-6-7-24(37-14-19(18(37)3)16-40(4,38)39)22-13-32-26(12-21(20)22)33-25-8-10-31-28(34-25)23-15-36(11-5-9-30)35-27(23)29/h6-8,10,12-13,15,17-19H,5,11,14,16H2,1-4H3,(H,31,32,33,34)/t18-,19-/m1/s1. The zero-order valence-corrected chi connectivity index (χ0v) is 24.4. The molecule has 1 aliphatic heterocycles. The third-order valence-corrected chi connectivity index (χ3v) is 8.60. The molecular formula is C28H31ClN8O2S. The molecule has 0 radical (unpaired) electrons. The molecule has 1 fully saturated rings. The molecule has 12 heteroatoms. The zero-order valence-electron chi connectivity index (χ0n) is 22.8. The molecule has 4 aromatic rings. The van der Waals surface area contributed by atoms with Crippen LogP contribution >= 0.6 is 11.6 Å². The average molecular weight is 579 g/mol. The molecule has 4 heterocycles. The van der Waals surface area contributed by atoms with Gasteiger partial charge in [0.2, 0.25) is 0 Å². The predicted octanol–water partition coefficient (Wildman–Crippen LogP) is 5.19. The number of nitrogens with zero attached hydrogens (tertiary/aromatic N) is 7. The van der Waals surface area contributed by atoms with Gasteiger partial charge in [-0.25, -0.2) is 23.4 Å². The summed E-state index contributed by atoms with van der Waals surface area (Å²) in [7, 11) is -3.03. The van der Waals surface area contributed by atoms with Crippen molar-refractivity contribution in [2.45, 2.75) is 45.7 Å². The van der Waals surface area contributed by atoms with Crippen LogP contribution in [-0.4, -0.2) is 57.7 Å². The summed E-state index contributed by atoms with van der Waals surface area (Å²) < 4.78 is 25.3. The molecule has 208 valence electrons. The van der Waals surface area contributed by atoms with Crippen LogP contribution in [0.2, 0.25) is 5.15 Å². The van der Waals surface area contributed by atoms with Crippen molar-refractivity contribution < 1.29 is 8.42 Å². The number of hydrogen-bond donors (Lipinski definition) is 1. The second kappa shape index (κ2) is 11.0. The monoisotopic (exact) mass is 578 g/mol. The first kappa shape index (κ1) is 27.8. The number of anilines is 3. The van der Waals surface area contributed by atoms with Crippen molar-refractivity contribution in [2.24, 2.45) is 5.92 Å². The minimum atomic E-state index is -3.03. The van der Waals surface area contributed by atoms with Gasteiger partial charge >= 0.3 is 0 Å². The summed E-state index contributed by atoms with van der Waals surface area (Å²) in [6, 6.07) is 10.3. The van der Waals surface area contributed by atoms with Crippen LogP contribution in [0.15, 0.2) is 42.9 Å². The lowest BCUT2D eigenvalue weighted by Gasteiger charge is -2.48. The molecular weight excluding hydrogens is 548 g/mol. The van der Waals surface area contributed by atoms with Gasteiger partial charge in [0.25, 0.3) is 0 Å². The second-order valence-electron chi connectivity index (χ2n) is 10.6. The Hall–Kier alpha value is -3.75. The molecule has 0 saturated carbocycles. The van der Waals surface area contributed by atoms with E-state index in [1.54, 1.807) is 23.1 Å². The van der Waals surface area contributed by atoms with E-state index in [2.05, 4.69) is 64.3 Å². The first-order chi connectivity index (χ1) is 19.0. The number of aryl methyl sites for hydroxylation is 1. The normalized spacial score (nSPS) is 17.2. The van der Waals surface area contributed by atoms with Crippen molar-refractivity contribution in [1.82, 2.24) is 24.7 Å². The van der Waals surface area contributed by atoms with Gasteiger partial charge in [-0.05, 0) is 42.0 Å². The number of hydrogen-bond acceptors (Lipinski definition) is 9. The third-order valence-electron chi connectivity index (χ3n) is 7.29. The summed E-state index contributed by atoms with van der Waals surface area (Å²) in [6.07, 6.45) is 6.87. The maximum atomic E-state index is 11.8. The van der Waals surface area contributed by atoms with E-state index in [1.165, 1.54) is 11.8 Å². The minimum absolute atomic E-state index is 0.114. The number of halogens is 1. The lowest BCUT2D eigenvalue weighted by atomic mass is 9.88. The van der Waals surface area contributed by atoms with Crippen molar-refractivity contribution >= 4 is 49.5 Å². The summed E-state index contributed by atoms with van der Waals surface area (Å²) in [4.78, 5) is 15.9. The number of rotatable bonds is 9. The molecule has 1 aromatic carbocycles. The second-order valence-corrected chi connectivity index (χ2v) is 13.1. The first-order valence-electron chi connectivity index (χ1n) is 13.1. The fourth-order valence-corrected chi connectivity index (χ4v) is 6.56. The van der Waals surface area contributed by atoms with Gasteiger partial charge in [-0.1, -0.05) is 31.5 Å². The van der Waals surface area contributed by atoms with Crippen molar-refractivity contribution in [3.8, 4) is 17.5 Å². The quantitative estimate of drug-likeness (QED) is 0.285. The maximum absolute atomic E-state index is 11.8. The molecule has 1 saturated heterocycles. The van der Waals surface area contributed by atoms with Crippen LogP contribution in [0.4, 0.5) is 17.3 Å². The SMILES string of the molecule is CC(C)c1ccc(N2C[C@H](CS(C)(=O)=O)[C@H]2C)c2cnc(Nc3ccnc(-c4cn(CCC#N)nc4Cl)n3)cc12. The fourth-order valence-electron chi connectivity index (χ4n) is 5.17. The van der Waals surface area contributed by atoms with E-state index >= 15 is 0 Å². The Kier molecular flexibility index (Phi) is 7.66. The Labute approximate surface area is 238 Å². The predicted molar refractivity (Wildman–Crippen MR) is 158 cm³/mol. The van der Waals surface area contributed by atoms with E-state index in [0.717, 1.165) is 16.5 Å². The maximum Gasteiger partial charge on any atom is 0.166 e. The van der Waals surface area contributed by atoms with Crippen molar-refractivity contribution in [3.05, 3.63) is 53.6 Å². The van der Waals surface area contributed by atoms with Crippen molar-refractivity contribution in [3.63, 3.8) is 0 Å². The number of nitrogens with one attached hydrogen (secondary N) is 1. The highest BCUT2D eigenvalue weighted by Gasteiger charge is 2.38.